The lowest BCUT2D eigenvalue weighted by Crippen LogP contribution is -2.39. The Labute approximate surface area is 134 Å². The van der Waals surface area contributed by atoms with E-state index < -0.39 is 33.5 Å². The van der Waals surface area contributed by atoms with Gasteiger partial charge >= 0.3 is 15.4 Å². The van der Waals surface area contributed by atoms with Crippen LogP contribution in [0.4, 0.5) is 8.78 Å². The average Bonchev–Trinajstić information content (AvgIpc) is 3.07. The van der Waals surface area contributed by atoms with Crippen LogP contribution in [0.5, 0.6) is 0 Å². The first-order valence-electron chi connectivity index (χ1n) is 8.41. The fourth-order valence-corrected chi connectivity index (χ4v) is 5.62. The van der Waals surface area contributed by atoms with Crippen LogP contribution in [-0.4, -0.2) is 36.2 Å². The van der Waals surface area contributed by atoms with Gasteiger partial charge < -0.3 is 9.47 Å². The topological polar surface area (TPSA) is 72.8 Å². The predicted molar refractivity (Wildman–Crippen MR) is 76.4 cm³/mol. The van der Waals surface area contributed by atoms with E-state index in [1.807, 2.05) is 0 Å². The molecule has 1 saturated heterocycles. The zero-order valence-corrected chi connectivity index (χ0v) is 13.6. The molecule has 0 aromatic heterocycles. The van der Waals surface area contributed by atoms with Crippen LogP contribution < -0.4 is 0 Å². The Bertz CT molecular complexity index is 587. The van der Waals surface area contributed by atoms with Crippen molar-refractivity contribution in [2.75, 3.05) is 0 Å². The number of alkyl halides is 2. The van der Waals surface area contributed by atoms with Gasteiger partial charge in [0, 0.05) is 19.3 Å². The van der Waals surface area contributed by atoms with Gasteiger partial charge in [-0.2, -0.15) is 17.2 Å². The Balaban J connectivity index is 1.48. The van der Waals surface area contributed by atoms with Crippen LogP contribution in [0.1, 0.15) is 51.4 Å². The monoisotopic (exact) mass is 352 g/mol. The fraction of sp³-hybridized carbons (Fsp3) is 1.00. The van der Waals surface area contributed by atoms with Crippen LogP contribution in [0.25, 0.3) is 0 Å². The molecule has 4 fully saturated rings. The molecule has 8 heteroatoms. The molecule has 4 aliphatic rings. The molecule has 0 aromatic rings. The van der Waals surface area contributed by atoms with Crippen molar-refractivity contribution in [1.82, 2.24) is 0 Å². The highest BCUT2D eigenvalue weighted by Crippen LogP contribution is 2.59. The maximum atomic E-state index is 13.7. The second kappa shape index (κ2) is 5.09. The molecule has 1 aliphatic heterocycles. The van der Waals surface area contributed by atoms with Gasteiger partial charge in [0.1, 0.15) is 0 Å². The number of rotatable bonds is 3. The summed E-state index contributed by atoms with van der Waals surface area (Å²) in [6.45, 7) is 0. The number of fused-ring (bicyclic) bond motifs is 5. The quantitative estimate of drug-likeness (QED) is 0.791. The molecule has 23 heavy (non-hydrogen) atoms. The van der Waals surface area contributed by atoms with Crippen molar-refractivity contribution >= 4 is 10.1 Å². The Morgan fingerprint density at radius 3 is 2.39 bits per heavy atom. The lowest BCUT2D eigenvalue weighted by Gasteiger charge is -2.33. The van der Waals surface area contributed by atoms with Gasteiger partial charge in [-0.05, 0) is 43.4 Å². The molecular formula is C15H22F2O5S. The van der Waals surface area contributed by atoms with Gasteiger partial charge in [-0.15, -0.1) is 0 Å². The van der Waals surface area contributed by atoms with Gasteiger partial charge in [-0.1, -0.05) is 6.42 Å². The van der Waals surface area contributed by atoms with Crippen LogP contribution in [0.2, 0.25) is 0 Å². The number of hydrogen-bond donors (Lipinski definition) is 1. The van der Waals surface area contributed by atoms with Crippen molar-refractivity contribution in [3.8, 4) is 0 Å². The lowest BCUT2D eigenvalue weighted by atomic mass is 9.83. The van der Waals surface area contributed by atoms with Crippen molar-refractivity contribution < 1.29 is 31.2 Å². The summed E-state index contributed by atoms with van der Waals surface area (Å²) in [6.07, 6.45) is 5.19. The van der Waals surface area contributed by atoms with E-state index in [4.69, 9.17) is 14.0 Å². The highest BCUT2D eigenvalue weighted by atomic mass is 32.2. The third kappa shape index (κ3) is 2.53. The van der Waals surface area contributed by atoms with Gasteiger partial charge in [-0.3, -0.25) is 4.55 Å². The SMILES string of the molecule is O=S(=O)(O)C(F)(F)CC1CC2CC1C1OC3(CCCCC3)OC21. The molecule has 5 atom stereocenters. The van der Waals surface area contributed by atoms with E-state index in [-0.39, 0.29) is 24.0 Å². The maximum absolute atomic E-state index is 13.7. The molecule has 0 amide bonds. The summed E-state index contributed by atoms with van der Waals surface area (Å²) in [7, 11) is -5.36. The largest absolute Gasteiger partial charge is 0.370 e. The first kappa shape index (κ1) is 16.2. The Morgan fingerprint density at radius 1 is 1.09 bits per heavy atom. The normalized spacial score (nSPS) is 42.3. The minimum atomic E-state index is -5.36. The van der Waals surface area contributed by atoms with Crippen molar-refractivity contribution in [3.63, 3.8) is 0 Å². The first-order chi connectivity index (χ1) is 10.7. The van der Waals surface area contributed by atoms with Crippen LogP contribution in [-0.2, 0) is 19.6 Å². The molecule has 5 nitrogen and oxygen atoms in total. The molecule has 4 rings (SSSR count). The zero-order chi connectivity index (χ0) is 16.5. The third-order valence-corrected chi connectivity index (χ3v) is 7.11. The summed E-state index contributed by atoms with van der Waals surface area (Å²) in [5.74, 6) is -0.918. The molecule has 5 unspecified atom stereocenters. The Hall–Kier alpha value is -0.310. The van der Waals surface area contributed by atoms with Crippen LogP contribution >= 0.6 is 0 Å². The molecule has 0 aromatic carbocycles. The van der Waals surface area contributed by atoms with Crippen LogP contribution in [0, 0.1) is 17.8 Å². The van der Waals surface area contributed by atoms with E-state index in [1.165, 1.54) is 6.42 Å². The minimum absolute atomic E-state index is 0.0336. The lowest BCUT2D eigenvalue weighted by molar-refractivity contribution is -0.203. The van der Waals surface area contributed by atoms with Gasteiger partial charge in [0.15, 0.2) is 5.79 Å². The first-order valence-corrected chi connectivity index (χ1v) is 9.85. The predicted octanol–water partition coefficient (Wildman–Crippen LogP) is 2.96. The van der Waals surface area contributed by atoms with Crippen LogP contribution in [0.15, 0.2) is 0 Å². The maximum Gasteiger partial charge on any atom is 0.370 e. The van der Waals surface area contributed by atoms with Crippen molar-refractivity contribution in [1.29, 1.82) is 0 Å². The van der Waals surface area contributed by atoms with Gasteiger partial charge in [0.05, 0.1) is 12.2 Å². The minimum Gasteiger partial charge on any atom is -0.344 e. The van der Waals surface area contributed by atoms with Crippen molar-refractivity contribution in [2.45, 2.75) is 74.6 Å². The molecular weight excluding hydrogens is 330 g/mol. The standard InChI is InChI=1S/C15H22F2O5S/c16-15(17,23(18,19)20)8-10-6-9-7-11(10)13-12(9)21-14(22-13)4-2-1-3-5-14/h9-13H,1-8H2,(H,18,19,20). The molecule has 132 valence electrons. The summed E-state index contributed by atoms with van der Waals surface area (Å²) in [6, 6.07) is 0. The van der Waals surface area contributed by atoms with E-state index >= 15 is 0 Å². The Morgan fingerprint density at radius 2 is 1.74 bits per heavy atom. The van der Waals surface area contributed by atoms with Gasteiger partial charge in [0.25, 0.3) is 0 Å². The summed E-state index contributed by atoms with van der Waals surface area (Å²) in [5, 5.41) is -4.08. The van der Waals surface area contributed by atoms with Gasteiger partial charge in [-0.25, -0.2) is 0 Å². The summed E-state index contributed by atoms with van der Waals surface area (Å²) < 4.78 is 70.3. The molecule has 3 aliphatic carbocycles. The van der Waals surface area contributed by atoms with Crippen molar-refractivity contribution in [3.05, 3.63) is 0 Å². The van der Waals surface area contributed by atoms with Crippen LogP contribution in [0.3, 0.4) is 0 Å². The number of halogens is 2. The van der Waals surface area contributed by atoms with Gasteiger partial charge in [0.2, 0.25) is 0 Å². The van der Waals surface area contributed by atoms with E-state index in [0.717, 1.165) is 32.1 Å². The highest BCUT2D eigenvalue weighted by Gasteiger charge is 2.63. The smallest absolute Gasteiger partial charge is 0.344 e. The van der Waals surface area contributed by atoms with Crippen molar-refractivity contribution in [2.24, 2.45) is 17.8 Å². The second-order valence-corrected chi connectivity index (χ2v) is 9.16. The summed E-state index contributed by atoms with van der Waals surface area (Å²) >= 11 is 0. The molecule has 1 N–H and O–H groups in total. The highest BCUT2D eigenvalue weighted by molar-refractivity contribution is 7.86. The van der Waals surface area contributed by atoms with E-state index in [1.54, 1.807) is 0 Å². The molecule has 0 radical (unpaired) electrons. The molecule has 3 saturated carbocycles. The molecule has 1 spiro atoms. The summed E-state index contributed by atoms with van der Waals surface area (Å²) in [5.41, 5.74) is 0. The second-order valence-electron chi connectivity index (χ2n) is 7.61. The van der Waals surface area contributed by atoms with E-state index in [2.05, 4.69) is 0 Å². The Kier molecular flexibility index (Phi) is 3.58. The fourth-order valence-electron chi connectivity index (χ4n) is 5.20. The number of ether oxygens (including phenoxy) is 2. The average molecular weight is 352 g/mol. The third-order valence-electron chi connectivity index (χ3n) is 6.19. The molecule has 1 heterocycles. The summed E-state index contributed by atoms with van der Waals surface area (Å²) in [4.78, 5) is 0. The zero-order valence-electron chi connectivity index (χ0n) is 12.8. The molecule has 2 bridgehead atoms. The van der Waals surface area contributed by atoms with E-state index in [0.29, 0.717) is 6.42 Å². The number of hydrogen-bond acceptors (Lipinski definition) is 4. The van der Waals surface area contributed by atoms with E-state index in [9.17, 15) is 17.2 Å².